The SMILES string of the molecule is NC(=S)Nc1cccc(NC(=O)OCc2ccccc2)c1. The zero-order valence-corrected chi connectivity index (χ0v) is 12.0. The summed E-state index contributed by atoms with van der Waals surface area (Å²) in [7, 11) is 0. The predicted molar refractivity (Wildman–Crippen MR) is 87.1 cm³/mol. The van der Waals surface area contributed by atoms with Gasteiger partial charge in [-0.2, -0.15) is 0 Å². The molecule has 6 heteroatoms. The maximum absolute atomic E-state index is 11.7. The molecular weight excluding hydrogens is 286 g/mol. The summed E-state index contributed by atoms with van der Waals surface area (Å²) in [6, 6.07) is 16.5. The lowest BCUT2D eigenvalue weighted by atomic mass is 10.2. The molecule has 5 nitrogen and oxygen atoms in total. The summed E-state index contributed by atoms with van der Waals surface area (Å²) in [6.45, 7) is 0.220. The van der Waals surface area contributed by atoms with Gasteiger partial charge in [0.2, 0.25) is 0 Å². The van der Waals surface area contributed by atoms with Crippen LogP contribution in [0.5, 0.6) is 0 Å². The third kappa shape index (κ3) is 5.12. The van der Waals surface area contributed by atoms with Crippen LogP contribution in [-0.4, -0.2) is 11.2 Å². The van der Waals surface area contributed by atoms with E-state index >= 15 is 0 Å². The Morgan fingerprint density at radius 1 is 1.05 bits per heavy atom. The summed E-state index contributed by atoms with van der Waals surface area (Å²) >= 11 is 4.76. The molecule has 0 saturated heterocycles. The highest BCUT2D eigenvalue weighted by molar-refractivity contribution is 7.80. The Morgan fingerprint density at radius 2 is 1.71 bits per heavy atom. The van der Waals surface area contributed by atoms with E-state index in [1.54, 1.807) is 24.3 Å². The largest absolute Gasteiger partial charge is 0.444 e. The van der Waals surface area contributed by atoms with Crippen molar-refractivity contribution in [1.82, 2.24) is 0 Å². The van der Waals surface area contributed by atoms with Gasteiger partial charge in [0.25, 0.3) is 0 Å². The number of ether oxygens (including phenoxy) is 1. The number of benzene rings is 2. The van der Waals surface area contributed by atoms with Crippen molar-refractivity contribution < 1.29 is 9.53 Å². The number of thiocarbonyl (C=S) groups is 1. The maximum atomic E-state index is 11.7. The Hall–Kier alpha value is -2.60. The van der Waals surface area contributed by atoms with Gasteiger partial charge in [0, 0.05) is 11.4 Å². The quantitative estimate of drug-likeness (QED) is 0.757. The molecule has 0 unspecified atom stereocenters. The zero-order valence-electron chi connectivity index (χ0n) is 11.2. The minimum Gasteiger partial charge on any atom is -0.444 e. The Bertz CT molecular complexity index is 632. The normalized spacial score (nSPS) is 9.71. The van der Waals surface area contributed by atoms with Crippen LogP contribution >= 0.6 is 12.2 Å². The van der Waals surface area contributed by atoms with Gasteiger partial charge in [-0.05, 0) is 36.0 Å². The molecule has 0 aliphatic rings. The van der Waals surface area contributed by atoms with Crippen molar-refractivity contribution in [2.24, 2.45) is 5.73 Å². The number of anilines is 2. The summed E-state index contributed by atoms with van der Waals surface area (Å²) in [5.74, 6) is 0. The zero-order chi connectivity index (χ0) is 15.1. The first-order chi connectivity index (χ1) is 10.1. The van der Waals surface area contributed by atoms with E-state index in [4.69, 9.17) is 22.7 Å². The second-order valence-corrected chi connectivity index (χ2v) is 4.70. The van der Waals surface area contributed by atoms with Crippen molar-refractivity contribution >= 4 is 34.8 Å². The number of hydrogen-bond donors (Lipinski definition) is 3. The molecule has 0 bridgehead atoms. The summed E-state index contributed by atoms with van der Waals surface area (Å²) in [6.07, 6.45) is -0.522. The first kappa shape index (κ1) is 14.8. The van der Waals surface area contributed by atoms with Gasteiger partial charge >= 0.3 is 6.09 Å². The van der Waals surface area contributed by atoms with Crippen molar-refractivity contribution in [2.75, 3.05) is 10.6 Å². The standard InChI is InChI=1S/C15H15N3O2S/c16-14(21)17-12-7-4-8-13(9-12)18-15(19)20-10-11-5-2-1-3-6-11/h1-9H,10H2,(H,18,19)(H3,16,17,21). The Labute approximate surface area is 128 Å². The van der Waals surface area contributed by atoms with E-state index in [0.29, 0.717) is 11.4 Å². The van der Waals surface area contributed by atoms with Crippen LogP contribution in [0.4, 0.5) is 16.2 Å². The van der Waals surface area contributed by atoms with Crippen molar-refractivity contribution in [3.05, 3.63) is 60.2 Å². The van der Waals surface area contributed by atoms with Gasteiger partial charge in [-0.25, -0.2) is 4.79 Å². The van der Waals surface area contributed by atoms with E-state index in [0.717, 1.165) is 5.56 Å². The van der Waals surface area contributed by atoms with Crippen LogP contribution in [0.25, 0.3) is 0 Å². The molecule has 2 rings (SSSR count). The molecule has 0 spiro atoms. The van der Waals surface area contributed by atoms with Crippen molar-refractivity contribution in [3.63, 3.8) is 0 Å². The van der Waals surface area contributed by atoms with Crippen LogP contribution in [-0.2, 0) is 11.3 Å². The number of hydrogen-bond acceptors (Lipinski definition) is 3. The fraction of sp³-hybridized carbons (Fsp3) is 0.0667. The average molecular weight is 301 g/mol. The molecule has 0 aliphatic carbocycles. The minimum atomic E-state index is -0.522. The van der Waals surface area contributed by atoms with E-state index in [1.165, 1.54) is 0 Å². The topological polar surface area (TPSA) is 76.4 Å². The number of carbonyl (C=O) groups excluding carboxylic acids is 1. The van der Waals surface area contributed by atoms with Crippen molar-refractivity contribution in [1.29, 1.82) is 0 Å². The fourth-order valence-electron chi connectivity index (χ4n) is 1.69. The van der Waals surface area contributed by atoms with Crippen LogP contribution in [0.15, 0.2) is 54.6 Å². The summed E-state index contributed by atoms with van der Waals surface area (Å²) in [5, 5.41) is 5.60. The van der Waals surface area contributed by atoms with Crippen LogP contribution < -0.4 is 16.4 Å². The highest BCUT2D eigenvalue weighted by Crippen LogP contribution is 2.15. The number of nitrogens with one attached hydrogen (secondary N) is 2. The van der Waals surface area contributed by atoms with Crippen LogP contribution in [0.3, 0.4) is 0 Å². The van der Waals surface area contributed by atoms with E-state index in [1.807, 2.05) is 30.3 Å². The molecule has 4 N–H and O–H groups in total. The molecule has 0 aromatic heterocycles. The highest BCUT2D eigenvalue weighted by atomic mass is 32.1. The van der Waals surface area contributed by atoms with Crippen LogP contribution in [0.2, 0.25) is 0 Å². The van der Waals surface area contributed by atoms with Gasteiger partial charge in [0.15, 0.2) is 5.11 Å². The fourth-order valence-corrected chi connectivity index (χ4v) is 1.81. The van der Waals surface area contributed by atoms with Crippen molar-refractivity contribution in [3.8, 4) is 0 Å². The van der Waals surface area contributed by atoms with Crippen LogP contribution in [0, 0.1) is 0 Å². The summed E-state index contributed by atoms with van der Waals surface area (Å²) < 4.78 is 5.13. The third-order valence-corrected chi connectivity index (χ3v) is 2.69. The molecule has 108 valence electrons. The number of amides is 1. The molecule has 2 aromatic carbocycles. The number of nitrogens with two attached hydrogens (primary N) is 1. The maximum Gasteiger partial charge on any atom is 0.411 e. The third-order valence-electron chi connectivity index (χ3n) is 2.59. The van der Waals surface area contributed by atoms with Crippen molar-refractivity contribution in [2.45, 2.75) is 6.61 Å². The van der Waals surface area contributed by atoms with E-state index in [-0.39, 0.29) is 11.7 Å². The lowest BCUT2D eigenvalue weighted by Crippen LogP contribution is -2.19. The molecule has 0 atom stereocenters. The minimum absolute atomic E-state index is 0.166. The molecule has 2 aromatic rings. The number of carbonyl (C=O) groups is 1. The Balaban J connectivity index is 1.89. The molecule has 0 heterocycles. The van der Waals surface area contributed by atoms with Gasteiger partial charge in [0.1, 0.15) is 6.61 Å². The monoisotopic (exact) mass is 301 g/mol. The van der Waals surface area contributed by atoms with E-state index in [9.17, 15) is 4.79 Å². The van der Waals surface area contributed by atoms with Gasteiger partial charge in [-0.15, -0.1) is 0 Å². The molecule has 0 fully saturated rings. The lowest BCUT2D eigenvalue weighted by Gasteiger charge is -2.09. The van der Waals surface area contributed by atoms with Crippen LogP contribution in [0.1, 0.15) is 5.56 Å². The van der Waals surface area contributed by atoms with Gasteiger partial charge in [-0.1, -0.05) is 36.4 Å². The van der Waals surface area contributed by atoms with E-state index in [2.05, 4.69) is 10.6 Å². The smallest absolute Gasteiger partial charge is 0.411 e. The highest BCUT2D eigenvalue weighted by Gasteiger charge is 2.04. The molecule has 0 saturated carbocycles. The molecular formula is C15H15N3O2S. The molecule has 0 radical (unpaired) electrons. The first-order valence-electron chi connectivity index (χ1n) is 6.28. The van der Waals surface area contributed by atoms with Gasteiger partial charge in [-0.3, -0.25) is 5.32 Å². The first-order valence-corrected chi connectivity index (χ1v) is 6.68. The second kappa shape index (κ2) is 7.25. The molecule has 1 amide bonds. The lowest BCUT2D eigenvalue weighted by molar-refractivity contribution is 0.155. The molecule has 21 heavy (non-hydrogen) atoms. The number of rotatable bonds is 4. The Morgan fingerprint density at radius 3 is 2.38 bits per heavy atom. The summed E-state index contributed by atoms with van der Waals surface area (Å²) in [4.78, 5) is 11.7. The van der Waals surface area contributed by atoms with Gasteiger partial charge < -0.3 is 15.8 Å². The Kier molecular flexibility index (Phi) is 5.11. The van der Waals surface area contributed by atoms with Gasteiger partial charge in [0.05, 0.1) is 0 Å². The molecule has 0 aliphatic heterocycles. The second-order valence-electron chi connectivity index (χ2n) is 4.26. The average Bonchev–Trinajstić information content (AvgIpc) is 2.46. The van der Waals surface area contributed by atoms with E-state index < -0.39 is 6.09 Å². The summed E-state index contributed by atoms with van der Waals surface area (Å²) in [5.41, 5.74) is 7.61. The predicted octanol–water partition coefficient (Wildman–Crippen LogP) is 3.09.